The fraction of sp³-hybridized carbons (Fsp3) is 0.621. The second-order valence-corrected chi connectivity index (χ2v) is 25.9. The molecule has 0 unspecified atom stereocenters. The van der Waals surface area contributed by atoms with Crippen LogP contribution in [-0.2, 0) is 35.8 Å². The summed E-state index contributed by atoms with van der Waals surface area (Å²) in [6.07, 6.45) is 1.35. The van der Waals surface area contributed by atoms with E-state index >= 15 is 8.78 Å². The Morgan fingerprint density at radius 1 is 1.10 bits per heavy atom. The highest BCUT2D eigenvalue weighted by molar-refractivity contribution is 6.76. The summed E-state index contributed by atoms with van der Waals surface area (Å²) in [6, 6.07) is 3.19. The Morgan fingerprint density at radius 2 is 1.74 bits per heavy atom. The van der Waals surface area contributed by atoms with Gasteiger partial charge in [0, 0.05) is 40.6 Å². The quantitative estimate of drug-likeness (QED) is 0.167. The molecule has 2 aromatic heterocycles. The second kappa shape index (κ2) is 11.1. The summed E-state index contributed by atoms with van der Waals surface area (Å²) in [5, 5.41) is 16.1. The third-order valence-electron chi connectivity index (χ3n) is 8.52. The minimum atomic E-state index is -1.49. The third kappa shape index (κ3) is 6.48. The van der Waals surface area contributed by atoms with Gasteiger partial charge in [-0.2, -0.15) is 5.10 Å². The number of anilines is 1. The molecule has 13 heteroatoms. The Hall–Kier alpha value is -2.62. The van der Waals surface area contributed by atoms with E-state index in [4.69, 9.17) is 24.7 Å². The number of carbonyl (C=O) groups is 1. The largest absolute Gasteiger partial charge is 0.465 e. The number of amides is 1. The summed E-state index contributed by atoms with van der Waals surface area (Å²) in [5.41, 5.74) is 2.59. The molecule has 5 rings (SSSR count). The van der Waals surface area contributed by atoms with Gasteiger partial charge in [-0.15, -0.1) is 0 Å². The average Bonchev–Trinajstić information content (AvgIpc) is 3.22. The maximum absolute atomic E-state index is 15.6. The number of hydrogen-bond acceptors (Lipinski definition) is 5. The molecule has 2 aliphatic carbocycles. The molecule has 1 aromatic carbocycles. The Bertz CT molecular complexity index is 1510. The standard InChI is InChI=1S/C29H43F2N5O4Si2/c1-29-14-18(29)12-19-22(15-29)36(17-40-9-11-42(5,6)7)34-25(19)27-32-21-13-20(33-28(37)38)23(30)24(31)26(21)35(27)16-39-8-10-41(2,3)4/h13,18,33H,8-12,14-17H2,1-7H3,(H,37,38)/t18-,29-/m1/s1. The fourth-order valence-electron chi connectivity index (χ4n) is 5.70. The van der Waals surface area contributed by atoms with Gasteiger partial charge in [0.05, 0.1) is 11.2 Å². The van der Waals surface area contributed by atoms with Crippen molar-refractivity contribution in [3.63, 3.8) is 0 Å². The number of aromatic nitrogens is 4. The monoisotopic (exact) mass is 619 g/mol. The van der Waals surface area contributed by atoms with Gasteiger partial charge in [0.15, 0.2) is 17.5 Å². The lowest BCUT2D eigenvalue weighted by molar-refractivity contribution is 0.0756. The Kier molecular flexibility index (Phi) is 8.18. The summed E-state index contributed by atoms with van der Waals surface area (Å²) >= 11 is 0. The van der Waals surface area contributed by atoms with Gasteiger partial charge in [-0.25, -0.2) is 23.2 Å². The number of fused-ring (bicyclic) bond motifs is 3. The van der Waals surface area contributed by atoms with Gasteiger partial charge in [0.1, 0.15) is 24.7 Å². The van der Waals surface area contributed by atoms with Crippen LogP contribution in [0.2, 0.25) is 51.4 Å². The van der Waals surface area contributed by atoms with Crippen LogP contribution in [0.3, 0.4) is 0 Å². The smallest absolute Gasteiger partial charge is 0.409 e. The molecule has 0 saturated heterocycles. The predicted molar refractivity (Wildman–Crippen MR) is 164 cm³/mol. The van der Waals surface area contributed by atoms with Crippen LogP contribution in [0.15, 0.2) is 6.07 Å². The molecule has 9 nitrogen and oxygen atoms in total. The Labute approximate surface area is 247 Å². The number of carboxylic acid groups (broad SMARTS) is 1. The molecule has 42 heavy (non-hydrogen) atoms. The van der Waals surface area contributed by atoms with E-state index in [1.54, 1.807) is 4.57 Å². The number of rotatable bonds is 12. The van der Waals surface area contributed by atoms with Crippen LogP contribution in [0.25, 0.3) is 22.6 Å². The molecule has 0 aliphatic heterocycles. The second-order valence-electron chi connectivity index (χ2n) is 14.6. The molecule has 230 valence electrons. The molecule has 2 atom stereocenters. The van der Waals surface area contributed by atoms with E-state index in [9.17, 15) is 4.79 Å². The van der Waals surface area contributed by atoms with E-state index < -0.39 is 39.6 Å². The van der Waals surface area contributed by atoms with E-state index in [0.29, 0.717) is 37.4 Å². The first-order valence-electron chi connectivity index (χ1n) is 14.7. The number of imidazole rings is 1. The Balaban J connectivity index is 1.57. The number of hydrogen-bond donors (Lipinski definition) is 2. The predicted octanol–water partition coefficient (Wildman–Crippen LogP) is 7.02. The van der Waals surface area contributed by atoms with Crippen LogP contribution in [0.4, 0.5) is 19.3 Å². The lowest BCUT2D eigenvalue weighted by Crippen LogP contribution is -2.23. The molecule has 3 aromatic rings. The van der Waals surface area contributed by atoms with Crippen LogP contribution in [0, 0.1) is 23.0 Å². The zero-order chi connectivity index (χ0) is 30.6. The van der Waals surface area contributed by atoms with Crippen molar-refractivity contribution in [2.75, 3.05) is 18.5 Å². The van der Waals surface area contributed by atoms with E-state index in [0.717, 1.165) is 42.6 Å². The number of nitrogens with zero attached hydrogens (tertiary/aromatic N) is 4. The van der Waals surface area contributed by atoms with E-state index in [1.807, 2.05) is 10.00 Å². The van der Waals surface area contributed by atoms with Crippen molar-refractivity contribution < 1.29 is 28.2 Å². The van der Waals surface area contributed by atoms with Crippen LogP contribution >= 0.6 is 0 Å². The van der Waals surface area contributed by atoms with Crippen LogP contribution in [0.5, 0.6) is 0 Å². The van der Waals surface area contributed by atoms with Crippen molar-refractivity contribution in [1.82, 2.24) is 19.3 Å². The zero-order valence-corrected chi connectivity index (χ0v) is 27.7. The summed E-state index contributed by atoms with van der Waals surface area (Å²) in [7, 11) is -2.64. The summed E-state index contributed by atoms with van der Waals surface area (Å²) in [5.74, 6) is -1.54. The number of benzene rings is 1. The van der Waals surface area contributed by atoms with Crippen molar-refractivity contribution in [3.8, 4) is 11.5 Å². The molecule has 0 radical (unpaired) electrons. The summed E-state index contributed by atoms with van der Waals surface area (Å²) < 4.78 is 46.2. The molecule has 1 fully saturated rings. The highest BCUT2D eigenvalue weighted by Crippen LogP contribution is 2.60. The van der Waals surface area contributed by atoms with Crippen molar-refractivity contribution in [3.05, 3.63) is 29.0 Å². The molecule has 2 N–H and O–H groups in total. The first-order valence-corrected chi connectivity index (χ1v) is 22.1. The van der Waals surface area contributed by atoms with Crippen LogP contribution < -0.4 is 5.32 Å². The lowest BCUT2D eigenvalue weighted by Gasteiger charge is -2.20. The zero-order valence-electron chi connectivity index (χ0n) is 25.7. The van der Waals surface area contributed by atoms with Crippen LogP contribution in [-0.4, -0.2) is 59.9 Å². The molecule has 0 spiro atoms. The number of nitrogens with one attached hydrogen (secondary N) is 1. The summed E-state index contributed by atoms with van der Waals surface area (Å²) in [6.45, 7) is 17.4. The van der Waals surface area contributed by atoms with Crippen molar-refractivity contribution in [2.45, 2.75) is 91.0 Å². The van der Waals surface area contributed by atoms with E-state index in [-0.39, 0.29) is 23.2 Å². The summed E-state index contributed by atoms with van der Waals surface area (Å²) in [4.78, 5) is 16.0. The lowest BCUT2D eigenvalue weighted by atomic mass is 9.87. The van der Waals surface area contributed by atoms with E-state index in [1.165, 1.54) is 6.07 Å². The van der Waals surface area contributed by atoms with Gasteiger partial charge in [-0.3, -0.25) is 9.88 Å². The van der Waals surface area contributed by atoms with Crippen molar-refractivity contribution in [1.29, 1.82) is 0 Å². The fourth-order valence-corrected chi connectivity index (χ4v) is 7.22. The number of ether oxygens (including phenoxy) is 2. The molecule has 1 amide bonds. The molecule has 0 bridgehead atoms. The molecule has 1 saturated carbocycles. The topological polar surface area (TPSA) is 103 Å². The van der Waals surface area contributed by atoms with Crippen molar-refractivity contribution in [2.24, 2.45) is 11.3 Å². The first-order chi connectivity index (χ1) is 19.6. The maximum Gasteiger partial charge on any atom is 0.409 e. The van der Waals surface area contributed by atoms with Gasteiger partial charge < -0.3 is 14.6 Å². The van der Waals surface area contributed by atoms with Gasteiger partial charge >= 0.3 is 6.09 Å². The van der Waals surface area contributed by atoms with Gasteiger partial charge in [0.25, 0.3) is 0 Å². The van der Waals surface area contributed by atoms with Gasteiger partial charge in [-0.05, 0) is 48.7 Å². The molecular formula is C29H43F2N5O4Si2. The average molecular weight is 620 g/mol. The highest BCUT2D eigenvalue weighted by Gasteiger charge is 2.54. The number of halogens is 2. The minimum Gasteiger partial charge on any atom is -0.465 e. The van der Waals surface area contributed by atoms with E-state index in [2.05, 4.69) is 46.2 Å². The molecule has 2 aliphatic rings. The van der Waals surface area contributed by atoms with Crippen LogP contribution in [0.1, 0.15) is 24.6 Å². The molecular weight excluding hydrogens is 577 g/mol. The third-order valence-corrected chi connectivity index (χ3v) is 11.9. The highest BCUT2D eigenvalue weighted by atomic mass is 28.3. The Morgan fingerprint density at radius 3 is 2.36 bits per heavy atom. The first kappa shape index (κ1) is 30.8. The van der Waals surface area contributed by atoms with Crippen molar-refractivity contribution >= 4 is 39.0 Å². The van der Waals surface area contributed by atoms with Gasteiger partial charge in [-0.1, -0.05) is 46.2 Å². The SMILES string of the molecule is C[C@@]12Cc3c(c(-c4nc5cc(NC(=O)O)c(F)c(F)c5n4COCC[Si](C)(C)C)nn3COCC[Si](C)(C)C)C[C@@H]1C2. The minimum absolute atomic E-state index is 0.0339. The normalized spacial score (nSPS) is 20.1. The maximum atomic E-state index is 15.6. The molecule has 2 heterocycles. The van der Waals surface area contributed by atoms with Gasteiger partial charge in [0.2, 0.25) is 0 Å².